The van der Waals surface area contributed by atoms with E-state index in [2.05, 4.69) is 9.71 Å². The van der Waals surface area contributed by atoms with Crippen molar-refractivity contribution >= 4 is 15.5 Å². The first-order valence-electron chi connectivity index (χ1n) is 5.90. The lowest BCUT2D eigenvalue weighted by Gasteiger charge is -2.01. The monoisotopic (exact) mass is 267 g/mol. The van der Waals surface area contributed by atoms with Crippen LogP contribution in [0.1, 0.15) is 24.7 Å². The predicted octanol–water partition coefficient (Wildman–Crippen LogP) is 1.50. The third-order valence-electron chi connectivity index (χ3n) is 2.84. The Bertz CT molecular complexity index is 674. The van der Waals surface area contributed by atoms with Crippen molar-refractivity contribution in [3.8, 4) is 0 Å². The van der Waals surface area contributed by atoms with Gasteiger partial charge in [0.15, 0.2) is 5.03 Å². The molecule has 0 fully saturated rings. The molecular weight excluding hydrogens is 250 g/mol. The lowest BCUT2D eigenvalue weighted by molar-refractivity contribution is 0.585. The summed E-state index contributed by atoms with van der Waals surface area (Å²) in [4.78, 5) is 4.28. The molecule has 0 aliphatic carbocycles. The molecule has 6 heteroatoms. The van der Waals surface area contributed by atoms with Gasteiger partial charge in [0.25, 0.3) is 10.0 Å². The molecule has 18 heavy (non-hydrogen) atoms. The highest BCUT2D eigenvalue weighted by Gasteiger charge is 2.21. The van der Waals surface area contributed by atoms with Crippen LogP contribution < -0.4 is 4.72 Å². The van der Waals surface area contributed by atoms with E-state index in [0.717, 1.165) is 24.2 Å². The highest BCUT2D eigenvalue weighted by molar-refractivity contribution is 7.89. The van der Waals surface area contributed by atoms with Crippen molar-refractivity contribution in [2.45, 2.75) is 31.7 Å². The van der Waals surface area contributed by atoms with E-state index in [-0.39, 0.29) is 5.03 Å². The molecule has 1 N–H and O–H groups in total. The van der Waals surface area contributed by atoms with Crippen molar-refractivity contribution in [1.29, 1.82) is 0 Å². The van der Waals surface area contributed by atoms with Crippen molar-refractivity contribution in [2.75, 3.05) is 7.05 Å². The predicted molar refractivity (Wildman–Crippen MR) is 70.2 cm³/mol. The second-order valence-electron chi connectivity index (χ2n) is 4.25. The number of aromatic nitrogens is 2. The van der Waals surface area contributed by atoms with Crippen LogP contribution in [0.15, 0.2) is 23.4 Å². The molecule has 0 saturated heterocycles. The van der Waals surface area contributed by atoms with Crippen LogP contribution in [0.3, 0.4) is 0 Å². The molecule has 2 rings (SSSR count). The number of fused-ring (bicyclic) bond motifs is 1. The molecule has 0 bridgehead atoms. The summed E-state index contributed by atoms with van der Waals surface area (Å²) >= 11 is 0. The average molecular weight is 267 g/mol. The minimum absolute atomic E-state index is 0.108. The average Bonchev–Trinajstić information content (AvgIpc) is 2.69. The van der Waals surface area contributed by atoms with Crippen LogP contribution in [0.4, 0.5) is 0 Å². The van der Waals surface area contributed by atoms with E-state index < -0.39 is 10.0 Å². The Hall–Kier alpha value is -1.40. The fraction of sp³-hybridized carbons (Fsp3) is 0.417. The van der Waals surface area contributed by atoms with Gasteiger partial charge in [-0.15, -0.1) is 0 Å². The summed E-state index contributed by atoms with van der Waals surface area (Å²) in [6.45, 7) is 3.98. The van der Waals surface area contributed by atoms with Crippen molar-refractivity contribution in [3.63, 3.8) is 0 Å². The molecule has 2 aromatic heterocycles. The van der Waals surface area contributed by atoms with Crippen LogP contribution in [0.5, 0.6) is 0 Å². The minimum Gasteiger partial charge on any atom is -0.302 e. The smallest absolute Gasteiger partial charge is 0.259 e. The maximum Gasteiger partial charge on any atom is 0.259 e. The Morgan fingerprint density at radius 2 is 2.17 bits per heavy atom. The van der Waals surface area contributed by atoms with Gasteiger partial charge in [0.2, 0.25) is 0 Å². The van der Waals surface area contributed by atoms with Gasteiger partial charge < -0.3 is 4.40 Å². The molecule has 0 amide bonds. The van der Waals surface area contributed by atoms with Crippen LogP contribution in [0.2, 0.25) is 0 Å². The number of nitrogens with zero attached hydrogens (tertiary/aromatic N) is 2. The quantitative estimate of drug-likeness (QED) is 0.913. The zero-order valence-corrected chi connectivity index (χ0v) is 11.6. The van der Waals surface area contributed by atoms with Crippen molar-refractivity contribution in [3.05, 3.63) is 29.7 Å². The van der Waals surface area contributed by atoms with Gasteiger partial charge in [-0.1, -0.05) is 6.92 Å². The largest absolute Gasteiger partial charge is 0.302 e. The maximum absolute atomic E-state index is 12.0. The van der Waals surface area contributed by atoms with Crippen molar-refractivity contribution in [1.82, 2.24) is 14.1 Å². The summed E-state index contributed by atoms with van der Waals surface area (Å²) in [6, 6.07) is 3.79. The van der Waals surface area contributed by atoms with E-state index >= 15 is 0 Å². The van der Waals surface area contributed by atoms with Gasteiger partial charge in [-0.3, -0.25) is 0 Å². The fourth-order valence-corrected chi connectivity index (χ4v) is 2.77. The third kappa shape index (κ3) is 2.13. The molecule has 98 valence electrons. The van der Waals surface area contributed by atoms with Gasteiger partial charge in [0, 0.05) is 12.6 Å². The number of rotatable bonds is 4. The van der Waals surface area contributed by atoms with Crippen LogP contribution >= 0.6 is 0 Å². The first kappa shape index (κ1) is 13.0. The Morgan fingerprint density at radius 3 is 2.78 bits per heavy atom. The lowest BCUT2D eigenvalue weighted by atomic mass is 10.3. The molecule has 0 radical (unpaired) electrons. The summed E-state index contributed by atoms with van der Waals surface area (Å²) in [6.07, 6.45) is 3.55. The van der Waals surface area contributed by atoms with Gasteiger partial charge >= 0.3 is 0 Å². The van der Waals surface area contributed by atoms with Crippen molar-refractivity contribution in [2.24, 2.45) is 0 Å². The van der Waals surface area contributed by atoms with E-state index in [1.807, 2.05) is 36.6 Å². The van der Waals surface area contributed by atoms with Gasteiger partial charge in [-0.25, -0.2) is 18.1 Å². The van der Waals surface area contributed by atoms with E-state index in [0.29, 0.717) is 5.52 Å². The van der Waals surface area contributed by atoms with Crippen LogP contribution in [-0.4, -0.2) is 24.9 Å². The number of aryl methyl sites for hydroxylation is 2. The first-order valence-corrected chi connectivity index (χ1v) is 7.39. The van der Waals surface area contributed by atoms with Crippen LogP contribution in [0, 0.1) is 6.92 Å². The Balaban J connectivity index is 2.77. The highest BCUT2D eigenvalue weighted by atomic mass is 32.2. The molecule has 0 saturated carbocycles. The van der Waals surface area contributed by atoms with Crippen molar-refractivity contribution < 1.29 is 8.42 Å². The molecule has 0 atom stereocenters. The van der Waals surface area contributed by atoms with Gasteiger partial charge in [0.1, 0.15) is 5.82 Å². The number of pyridine rings is 1. The second-order valence-corrected chi connectivity index (χ2v) is 6.05. The van der Waals surface area contributed by atoms with Gasteiger partial charge in [0.05, 0.1) is 5.52 Å². The van der Waals surface area contributed by atoms with E-state index in [4.69, 9.17) is 0 Å². The highest BCUT2D eigenvalue weighted by Crippen LogP contribution is 2.20. The number of hydrogen-bond donors (Lipinski definition) is 1. The summed E-state index contributed by atoms with van der Waals surface area (Å²) in [7, 11) is -2.12. The Morgan fingerprint density at radius 1 is 1.44 bits per heavy atom. The van der Waals surface area contributed by atoms with Crippen LogP contribution in [0.25, 0.3) is 5.52 Å². The zero-order chi connectivity index (χ0) is 13.3. The minimum atomic E-state index is -3.52. The zero-order valence-electron chi connectivity index (χ0n) is 10.8. The van der Waals surface area contributed by atoms with Gasteiger partial charge in [-0.2, -0.15) is 0 Å². The summed E-state index contributed by atoms with van der Waals surface area (Å²) in [5.74, 6) is 0.779. The normalized spacial score (nSPS) is 12.2. The molecule has 0 aliphatic heterocycles. The summed E-state index contributed by atoms with van der Waals surface area (Å²) < 4.78 is 28.1. The fourth-order valence-electron chi connectivity index (χ4n) is 1.92. The maximum atomic E-state index is 12.0. The molecule has 2 aromatic rings. The third-order valence-corrected chi connectivity index (χ3v) is 4.18. The molecule has 2 heterocycles. The Labute approximate surface area is 107 Å². The lowest BCUT2D eigenvalue weighted by Crippen LogP contribution is -2.19. The second kappa shape index (κ2) is 4.70. The first-order chi connectivity index (χ1) is 8.49. The van der Waals surface area contributed by atoms with E-state index in [1.165, 1.54) is 7.05 Å². The SMILES string of the molecule is CCCc1nc(S(=O)(=O)NC)c2cc(C)ccn12. The van der Waals surface area contributed by atoms with E-state index in [1.54, 1.807) is 0 Å². The molecule has 0 spiro atoms. The van der Waals surface area contributed by atoms with Crippen LogP contribution in [-0.2, 0) is 16.4 Å². The number of nitrogens with one attached hydrogen (secondary N) is 1. The summed E-state index contributed by atoms with van der Waals surface area (Å²) in [5, 5.41) is 0.108. The van der Waals surface area contributed by atoms with Gasteiger partial charge in [-0.05, 0) is 38.1 Å². The topological polar surface area (TPSA) is 63.5 Å². The number of imidazole rings is 1. The Kier molecular flexibility index (Phi) is 3.41. The number of sulfonamides is 1. The number of hydrogen-bond acceptors (Lipinski definition) is 3. The molecule has 0 aromatic carbocycles. The molecule has 0 unspecified atom stereocenters. The van der Waals surface area contributed by atoms with E-state index in [9.17, 15) is 8.42 Å². The summed E-state index contributed by atoms with van der Waals surface area (Å²) in [5.41, 5.74) is 1.64. The molecule has 0 aliphatic rings. The standard InChI is InChI=1S/C12H17N3O2S/c1-4-5-11-14-12(18(16,17)13-3)10-8-9(2)6-7-15(10)11/h6-8,13H,4-5H2,1-3H3. The molecular formula is C12H17N3O2S. The molecule has 5 nitrogen and oxygen atoms in total.